The Hall–Kier alpha value is -1.10. The van der Waals surface area contributed by atoms with Crippen LogP contribution in [0.25, 0.3) is 0 Å². The van der Waals surface area contributed by atoms with Gasteiger partial charge in [0.2, 0.25) is 0 Å². The molecule has 0 aliphatic heterocycles. The van der Waals surface area contributed by atoms with Gasteiger partial charge in [-0.2, -0.15) is 0 Å². The Morgan fingerprint density at radius 3 is 2.23 bits per heavy atom. The van der Waals surface area contributed by atoms with Crippen LogP contribution in [0.4, 0.5) is 5.69 Å². The Labute approximate surface area is 76.8 Å². The van der Waals surface area contributed by atoms with Crippen LogP contribution in [0.2, 0.25) is 0 Å². The minimum atomic E-state index is -0.842. The number of rotatable bonds is 3. The first kappa shape index (κ1) is 9.98. The third-order valence-electron chi connectivity index (χ3n) is 1.89. The van der Waals surface area contributed by atoms with Gasteiger partial charge in [0.25, 0.3) is 0 Å². The van der Waals surface area contributed by atoms with Crippen molar-refractivity contribution in [1.29, 1.82) is 0 Å². The molecule has 0 bridgehead atoms. The topological polar surface area (TPSA) is 92.5 Å². The summed E-state index contributed by atoms with van der Waals surface area (Å²) in [7, 11) is 0. The maximum atomic E-state index is 9.55. The van der Waals surface area contributed by atoms with Crippen LogP contribution in [-0.2, 0) is 0 Å². The van der Waals surface area contributed by atoms with E-state index < -0.39 is 12.1 Å². The highest BCUT2D eigenvalue weighted by atomic mass is 16.3. The Balaban J connectivity index is 2.77. The molecule has 0 amide bonds. The van der Waals surface area contributed by atoms with E-state index in [1.54, 1.807) is 24.3 Å². The van der Waals surface area contributed by atoms with Crippen LogP contribution in [0.5, 0.6) is 0 Å². The molecule has 0 aliphatic carbocycles. The van der Waals surface area contributed by atoms with Gasteiger partial charge in [0.15, 0.2) is 0 Å². The predicted molar refractivity (Wildman–Crippen MR) is 50.9 cm³/mol. The second kappa shape index (κ2) is 4.23. The number of nitrogens with two attached hydrogens (primary N) is 2. The Morgan fingerprint density at radius 2 is 1.77 bits per heavy atom. The highest BCUT2D eigenvalue weighted by Gasteiger charge is 2.15. The molecule has 1 aromatic carbocycles. The number of benzene rings is 1. The minimum Gasteiger partial charge on any atom is -0.399 e. The van der Waals surface area contributed by atoms with Crippen molar-refractivity contribution in [2.45, 2.75) is 12.1 Å². The average Bonchev–Trinajstić information content (AvgIpc) is 2.17. The molecule has 0 spiro atoms. The molecule has 1 unspecified atom stereocenters. The fraction of sp³-hybridized carbons (Fsp3) is 0.333. The van der Waals surface area contributed by atoms with Crippen molar-refractivity contribution in [3.8, 4) is 0 Å². The van der Waals surface area contributed by atoms with Gasteiger partial charge in [-0.25, -0.2) is 0 Å². The number of aliphatic hydroxyl groups excluding tert-OH is 2. The van der Waals surface area contributed by atoms with E-state index in [1.807, 2.05) is 0 Å². The van der Waals surface area contributed by atoms with Crippen molar-refractivity contribution in [1.82, 2.24) is 0 Å². The standard InChI is InChI=1S/C9H14N2O2/c10-7-3-1-6(2-4-7)9(13)8(11)5-12/h1-4,8-9,12-13H,5,10-11H2/t8-,9?/m0/s1. The molecule has 4 heteroatoms. The third-order valence-corrected chi connectivity index (χ3v) is 1.89. The zero-order valence-corrected chi connectivity index (χ0v) is 7.22. The summed E-state index contributed by atoms with van der Waals surface area (Å²) in [6.45, 7) is -0.245. The second-order valence-corrected chi connectivity index (χ2v) is 2.96. The van der Waals surface area contributed by atoms with Crippen molar-refractivity contribution in [2.24, 2.45) is 5.73 Å². The lowest BCUT2D eigenvalue weighted by Gasteiger charge is -2.16. The lowest BCUT2D eigenvalue weighted by atomic mass is 10.0. The van der Waals surface area contributed by atoms with E-state index in [-0.39, 0.29) is 6.61 Å². The van der Waals surface area contributed by atoms with E-state index >= 15 is 0 Å². The zero-order valence-electron chi connectivity index (χ0n) is 7.22. The number of aliphatic hydroxyl groups is 2. The molecule has 4 nitrogen and oxygen atoms in total. The van der Waals surface area contributed by atoms with Crippen LogP contribution in [0.3, 0.4) is 0 Å². The molecule has 0 saturated heterocycles. The number of hydrogen-bond donors (Lipinski definition) is 4. The summed E-state index contributed by atoms with van der Waals surface area (Å²) >= 11 is 0. The molecule has 0 heterocycles. The first-order valence-corrected chi connectivity index (χ1v) is 4.05. The third kappa shape index (κ3) is 2.42. The maximum absolute atomic E-state index is 9.55. The summed E-state index contributed by atoms with van der Waals surface area (Å²) in [5, 5.41) is 18.3. The van der Waals surface area contributed by atoms with E-state index in [1.165, 1.54) is 0 Å². The van der Waals surface area contributed by atoms with Crippen LogP contribution in [0.15, 0.2) is 24.3 Å². The lowest BCUT2D eigenvalue weighted by Crippen LogP contribution is -2.31. The second-order valence-electron chi connectivity index (χ2n) is 2.96. The molecule has 1 rings (SSSR count). The normalized spacial score (nSPS) is 15.3. The van der Waals surface area contributed by atoms with Gasteiger partial charge >= 0.3 is 0 Å². The Bertz CT molecular complexity index is 261. The van der Waals surface area contributed by atoms with Crippen LogP contribution in [-0.4, -0.2) is 22.9 Å². The molecule has 0 fully saturated rings. The van der Waals surface area contributed by atoms with Gasteiger partial charge in [-0.1, -0.05) is 12.1 Å². The fourth-order valence-electron chi connectivity index (χ4n) is 1.04. The van der Waals surface area contributed by atoms with Crippen molar-refractivity contribution in [3.05, 3.63) is 29.8 Å². The van der Waals surface area contributed by atoms with E-state index in [0.717, 1.165) is 0 Å². The van der Waals surface area contributed by atoms with Gasteiger partial charge in [-0.15, -0.1) is 0 Å². The van der Waals surface area contributed by atoms with Crippen molar-refractivity contribution < 1.29 is 10.2 Å². The highest BCUT2D eigenvalue weighted by Crippen LogP contribution is 2.16. The smallest absolute Gasteiger partial charge is 0.0963 e. The van der Waals surface area contributed by atoms with Crippen LogP contribution in [0, 0.1) is 0 Å². The summed E-state index contributed by atoms with van der Waals surface area (Å²) in [6.07, 6.45) is -0.842. The van der Waals surface area contributed by atoms with Crippen LogP contribution >= 0.6 is 0 Å². The van der Waals surface area contributed by atoms with E-state index in [4.69, 9.17) is 16.6 Å². The van der Waals surface area contributed by atoms with Crippen LogP contribution in [0.1, 0.15) is 11.7 Å². The first-order valence-electron chi connectivity index (χ1n) is 4.05. The van der Waals surface area contributed by atoms with Crippen molar-refractivity contribution >= 4 is 5.69 Å². The number of hydrogen-bond acceptors (Lipinski definition) is 4. The van der Waals surface area contributed by atoms with Gasteiger partial charge in [-0.05, 0) is 17.7 Å². The summed E-state index contributed by atoms with van der Waals surface area (Å²) in [5.74, 6) is 0. The van der Waals surface area contributed by atoms with Gasteiger partial charge < -0.3 is 21.7 Å². The largest absolute Gasteiger partial charge is 0.399 e. The summed E-state index contributed by atoms with van der Waals surface area (Å²) in [5.41, 5.74) is 12.2. The molecule has 0 aromatic heterocycles. The average molecular weight is 182 g/mol. The predicted octanol–water partition coefficient (Wildman–Crippen LogP) is -0.378. The molecule has 6 N–H and O–H groups in total. The van der Waals surface area contributed by atoms with Gasteiger partial charge in [0, 0.05) is 5.69 Å². The molecule has 72 valence electrons. The van der Waals surface area contributed by atoms with Gasteiger partial charge in [0.1, 0.15) is 0 Å². The SMILES string of the molecule is Nc1ccc(C(O)[C@@H](N)CO)cc1. The highest BCUT2D eigenvalue weighted by molar-refractivity contribution is 5.40. The maximum Gasteiger partial charge on any atom is 0.0963 e. The molecular weight excluding hydrogens is 168 g/mol. The number of nitrogen functional groups attached to an aromatic ring is 1. The summed E-state index contributed by atoms with van der Waals surface area (Å²) in [6, 6.07) is 6.10. The quantitative estimate of drug-likeness (QED) is 0.479. The van der Waals surface area contributed by atoms with Gasteiger partial charge in [0.05, 0.1) is 18.8 Å². The summed E-state index contributed by atoms with van der Waals surface area (Å²) in [4.78, 5) is 0. The Morgan fingerprint density at radius 1 is 1.23 bits per heavy atom. The molecule has 0 saturated carbocycles. The van der Waals surface area contributed by atoms with Crippen molar-refractivity contribution in [3.63, 3.8) is 0 Å². The zero-order chi connectivity index (χ0) is 9.84. The monoisotopic (exact) mass is 182 g/mol. The van der Waals surface area contributed by atoms with Crippen LogP contribution < -0.4 is 11.5 Å². The molecule has 0 radical (unpaired) electrons. The molecule has 1 aromatic rings. The van der Waals surface area contributed by atoms with Gasteiger partial charge in [-0.3, -0.25) is 0 Å². The first-order chi connectivity index (χ1) is 6.15. The number of anilines is 1. The fourth-order valence-corrected chi connectivity index (χ4v) is 1.04. The van der Waals surface area contributed by atoms with E-state index in [9.17, 15) is 5.11 Å². The van der Waals surface area contributed by atoms with E-state index in [2.05, 4.69) is 0 Å². The molecule has 0 aliphatic rings. The summed E-state index contributed by atoms with van der Waals surface area (Å²) < 4.78 is 0. The molecule has 2 atom stereocenters. The minimum absolute atomic E-state index is 0.245. The van der Waals surface area contributed by atoms with Crippen molar-refractivity contribution in [2.75, 3.05) is 12.3 Å². The van der Waals surface area contributed by atoms with E-state index in [0.29, 0.717) is 11.3 Å². The lowest BCUT2D eigenvalue weighted by molar-refractivity contribution is 0.109. The molecular formula is C9H14N2O2. The Kier molecular flexibility index (Phi) is 3.25. The molecule has 13 heavy (non-hydrogen) atoms.